The van der Waals surface area contributed by atoms with Gasteiger partial charge in [0.1, 0.15) is 0 Å². The summed E-state index contributed by atoms with van der Waals surface area (Å²) in [5.41, 5.74) is 3.71. The van der Waals surface area contributed by atoms with Crippen LogP contribution >= 0.6 is 0 Å². The lowest BCUT2D eigenvalue weighted by molar-refractivity contribution is -0.116. The molecule has 1 aromatic heterocycles. The number of aromatic amines is 1. The average molecular weight is 299 g/mol. The largest absolute Gasteiger partial charge is 0.325 e. The maximum Gasteiger partial charge on any atom is 0.224 e. The Hall–Kier alpha value is -2.10. The highest BCUT2D eigenvalue weighted by Gasteiger charge is 2.18. The molecule has 118 valence electrons. The van der Waals surface area contributed by atoms with Crippen molar-refractivity contribution in [3.05, 3.63) is 36.0 Å². The Labute approximate surface area is 132 Å². The first-order chi connectivity index (χ1) is 10.4. The second-order valence-corrected chi connectivity index (χ2v) is 6.61. The number of nitrogens with one attached hydrogen (secondary N) is 2. The molecule has 0 fully saturated rings. The summed E-state index contributed by atoms with van der Waals surface area (Å²) in [5, 5.41) is 10.5. The summed E-state index contributed by atoms with van der Waals surface area (Å²) in [4.78, 5) is 12.0. The zero-order valence-corrected chi connectivity index (χ0v) is 13.9. The molecule has 0 spiro atoms. The minimum Gasteiger partial charge on any atom is -0.325 e. The first-order valence-corrected chi connectivity index (χ1v) is 7.87. The molecule has 0 aliphatic rings. The zero-order valence-electron chi connectivity index (χ0n) is 13.9. The number of amides is 1. The van der Waals surface area contributed by atoms with Gasteiger partial charge in [-0.3, -0.25) is 9.89 Å². The van der Waals surface area contributed by atoms with Gasteiger partial charge in [-0.25, -0.2) is 0 Å². The van der Waals surface area contributed by atoms with E-state index in [9.17, 15) is 4.79 Å². The Morgan fingerprint density at radius 3 is 2.64 bits per heavy atom. The molecule has 2 rings (SSSR count). The number of carbonyl (C=O) groups excluding carboxylic acids is 1. The lowest BCUT2D eigenvalue weighted by atomic mass is 9.92. The van der Waals surface area contributed by atoms with E-state index in [0.29, 0.717) is 6.42 Å². The van der Waals surface area contributed by atoms with Gasteiger partial charge < -0.3 is 5.32 Å². The van der Waals surface area contributed by atoms with E-state index in [0.717, 1.165) is 35.5 Å². The van der Waals surface area contributed by atoms with Crippen LogP contribution < -0.4 is 5.32 Å². The van der Waals surface area contributed by atoms with E-state index < -0.39 is 0 Å². The van der Waals surface area contributed by atoms with Crippen molar-refractivity contribution in [3.8, 4) is 11.3 Å². The fraction of sp³-hybridized carbons (Fsp3) is 0.444. The van der Waals surface area contributed by atoms with Crippen LogP contribution in [0, 0.1) is 0 Å². The standard InChI is InChI=1S/C18H25N3O/c1-5-6-11-17(22)19-14-10-8-7-9-13(14)15-12-16(21-20-15)18(2,3)4/h7-10,12H,5-6,11H2,1-4H3,(H,19,22)(H,20,21). The number of aromatic nitrogens is 2. The van der Waals surface area contributed by atoms with Crippen LogP contribution in [-0.4, -0.2) is 16.1 Å². The lowest BCUT2D eigenvalue weighted by Crippen LogP contribution is -2.11. The normalized spacial score (nSPS) is 11.5. The van der Waals surface area contributed by atoms with Gasteiger partial charge in [0.2, 0.25) is 5.91 Å². The first-order valence-electron chi connectivity index (χ1n) is 7.87. The summed E-state index contributed by atoms with van der Waals surface area (Å²) in [7, 11) is 0. The number of H-pyrrole nitrogens is 1. The van der Waals surface area contributed by atoms with Gasteiger partial charge in [0, 0.05) is 23.1 Å². The Bertz CT molecular complexity index is 638. The minimum absolute atomic E-state index is 0.0184. The molecule has 2 aromatic rings. The highest BCUT2D eigenvalue weighted by Crippen LogP contribution is 2.30. The summed E-state index contributed by atoms with van der Waals surface area (Å²) in [6.07, 6.45) is 2.48. The third kappa shape index (κ3) is 3.97. The van der Waals surface area contributed by atoms with Crippen molar-refractivity contribution >= 4 is 11.6 Å². The molecule has 4 heteroatoms. The van der Waals surface area contributed by atoms with Crippen LogP contribution in [0.4, 0.5) is 5.69 Å². The highest BCUT2D eigenvalue weighted by molar-refractivity contribution is 5.95. The van der Waals surface area contributed by atoms with E-state index in [2.05, 4.69) is 49.3 Å². The predicted octanol–water partition coefficient (Wildman–Crippen LogP) is 4.50. The molecule has 0 aliphatic carbocycles. The fourth-order valence-corrected chi connectivity index (χ4v) is 2.21. The topological polar surface area (TPSA) is 57.8 Å². The van der Waals surface area contributed by atoms with Crippen molar-refractivity contribution in [2.75, 3.05) is 5.32 Å². The molecule has 0 aliphatic heterocycles. The van der Waals surface area contributed by atoms with Crippen molar-refractivity contribution in [2.24, 2.45) is 0 Å². The number of nitrogens with zero attached hydrogens (tertiary/aromatic N) is 1. The van der Waals surface area contributed by atoms with Gasteiger partial charge >= 0.3 is 0 Å². The second-order valence-electron chi connectivity index (χ2n) is 6.61. The zero-order chi connectivity index (χ0) is 16.2. The molecule has 2 N–H and O–H groups in total. The molecule has 0 unspecified atom stereocenters. The number of benzene rings is 1. The van der Waals surface area contributed by atoms with E-state index in [1.165, 1.54) is 0 Å². The average Bonchev–Trinajstić information content (AvgIpc) is 2.95. The van der Waals surface area contributed by atoms with Crippen LogP contribution in [-0.2, 0) is 10.2 Å². The van der Waals surface area contributed by atoms with Gasteiger partial charge in [0.15, 0.2) is 0 Å². The Morgan fingerprint density at radius 2 is 2.00 bits per heavy atom. The molecular weight excluding hydrogens is 274 g/mol. The number of unbranched alkanes of at least 4 members (excludes halogenated alkanes) is 1. The van der Waals surface area contributed by atoms with Gasteiger partial charge in [-0.15, -0.1) is 0 Å². The summed E-state index contributed by atoms with van der Waals surface area (Å²) in [5.74, 6) is 0.0564. The van der Waals surface area contributed by atoms with E-state index in [1.807, 2.05) is 24.3 Å². The number of rotatable bonds is 5. The molecule has 0 saturated carbocycles. The molecule has 0 atom stereocenters. The Morgan fingerprint density at radius 1 is 1.27 bits per heavy atom. The molecule has 22 heavy (non-hydrogen) atoms. The summed E-state index contributed by atoms with van der Waals surface area (Å²) < 4.78 is 0. The number of para-hydroxylation sites is 1. The second kappa shape index (κ2) is 6.77. The number of hydrogen-bond donors (Lipinski definition) is 2. The third-order valence-electron chi connectivity index (χ3n) is 3.62. The molecule has 4 nitrogen and oxygen atoms in total. The van der Waals surface area contributed by atoms with Crippen molar-refractivity contribution in [3.63, 3.8) is 0 Å². The van der Waals surface area contributed by atoms with Crippen LogP contribution in [0.25, 0.3) is 11.3 Å². The van der Waals surface area contributed by atoms with Crippen molar-refractivity contribution < 1.29 is 4.79 Å². The van der Waals surface area contributed by atoms with Gasteiger partial charge in [0.05, 0.1) is 11.4 Å². The van der Waals surface area contributed by atoms with Crippen LogP contribution in [0.3, 0.4) is 0 Å². The minimum atomic E-state index is 0.0184. The third-order valence-corrected chi connectivity index (χ3v) is 3.62. The fourth-order valence-electron chi connectivity index (χ4n) is 2.21. The lowest BCUT2D eigenvalue weighted by Gasteiger charge is -2.14. The molecule has 1 amide bonds. The Balaban J connectivity index is 2.25. The van der Waals surface area contributed by atoms with Crippen LogP contribution in [0.1, 0.15) is 52.7 Å². The SMILES string of the molecule is CCCCC(=O)Nc1ccccc1-c1cc(C(C)(C)C)[nH]n1. The van der Waals surface area contributed by atoms with E-state index in [1.54, 1.807) is 0 Å². The molecule has 0 radical (unpaired) electrons. The van der Waals surface area contributed by atoms with Gasteiger partial charge in [0.25, 0.3) is 0 Å². The smallest absolute Gasteiger partial charge is 0.224 e. The van der Waals surface area contributed by atoms with E-state index in [-0.39, 0.29) is 11.3 Å². The van der Waals surface area contributed by atoms with Gasteiger partial charge in [-0.05, 0) is 18.6 Å². The molecular formula is C18H25N3O. The predicted molar refractivity (Wildman–Crippen MR) is 90.9 cm³/mol. The van der Waals surface area contributed by atoms with Crippen molar-refractivity contribution in [1.82, 2.24) is 10.2 Å². The first kappa shape index (κ1) is 16.3. The van der Waals surface area contributed by atoms with Crippen LogP contribution in [0.2, 0.25) is 0 Å². The van der Waals surface area contributed by atoms with Crippen LogP contribution in [0.15, 0.2) is 30.3 Å². The summed E-state index contributed by atoms with van der Waals surface area (Å²) in [6, 6.07) is 9.85. The van der Waals surface area contributed by atoms with Crippen molar-refractivity contribution in [2.45, 2.75) is 52.4 Å². The number of carbonyl (C=O) groups is 1. The molecule has 1 aromatic carbocycles. The maximum atomic E-state index is 12.0. The summed E-state index contributed by atoms with van der Waals surface area (Å²) >= 11 is 0. The highest BCUT2D eigenvalue weighted by atomic mass is 16.1. The maximum absolute atomic E-state index is 12.0. The van der Waals surface area contributed by atoms with E-state index in [4.69, 9.17) is 0 Å². The molecule has 0 bridgehead atoms. The molecule has 0 saturated heterocycles. The Kier molecular flexibility index (Phi) is 5.01. The van der Waals surface area contributed by atoms with Crippen molar-refractivity contribution in [1.29, 1.82) is 0 Å². The summed E-state index contributed by atoms with van der Waals surface area (Å²) in [6.45, 7) is 8.51. The van der Waals surface area contributed by atoms with Gasteiger partial charge in [-0.1, -0.05) is 52.3 Å². The van der Waals surface area contributed by atoms with Crippen LogP contribution in [0.5, 0.6) is 0 Å². The quantitative estimate of drug-likeness (QED) is 0.853. The van der Waals surface area contributed by atoms with Gasteiger partial charge in [-0.2, -0.15) is 5.10 Å². The van der Waals surface area contributed by atoms with E-state index >= 15 is 0 Å². The molecule has 1 heterocycles. The number of anilines is 1. The number of hydrogen-bond acceptors (Lipinski definition) is 2. The monoisotopic (exact) mass is 299 g/mol.